The summed E-state index contributed by atoms with van der Waals surface area (Å²) in [5.74, 6) is -0.503. The zero-order valence-electron chi connectivity index (χ0n) is 13.8. The Balaban J connectivity index is 1.69. The molecule has 26 heavy (non-hydrogen) atoms. The molecule has 1 heterocycles. The lowest BCUT2D eigenvalue weighted by atomic mass is 10.1. The Hall–Kier alpha value is -2.85. The minimum Gasteiger partial charge on any atom is -0.361 e. The molecule has 5 heteroatoms. The summed E-state index contributed by atoms with van der Waals surface area (Å²) in [5, 5.41) is 3.36. The van der Waals surface area contributed by atoms with E-state index in [4.69, 9.17) is 11.6 Å². The first-order valence-corrected chi connectivity index (χ1v) is 8.67. The van der Waals surface area contributed by atoms with Crippen molar-refractivity contribution >= 4 is 23.2 Å². The van der Waals surface area contributed by atoms with Gasteiger partial charge < -0.3 is 10.2 Å². The number of nitrogens with one attached hydrogen (secondary N) is 1. The highest BCUT2D eigenvalue weighted by atomic mass is 35.5. The van der Waals surface area contributed by atoms with Crippen LogP contribution < -0.4 is 5.32 Å². The molecule has 3 aromatic carbocycles. The van der Waals surface area contributed by atoms with Crippen LogP contribution in [0.1, 0.15) is 27.7 Å². The molecule has 1 aliphatic rings. The van der Waals surface area contributed by atoms with Gasteiger partial charge in [-0.05, 0) is 29.8 Å². The summed E-state index contributed by atoms with van der Waals surface area (Å²) < 4.78 is 13.5. The van der Waals surface area contributed by atoms with E-state index in [2.05, 4.69) is 5.32 Å². The molecular weight excluding hydrogens is 351 g/mol. The minimum absolute atomic E-state index is 0.0323. The number of hydrogen-bond acceptors (Lipinski definition) is 2. The maximum Gasteiger partial charge on any atom is 0.256 e. The highest BCUT2D eigenvalue weighted by molar-refractivity contribution is 6.31. The average molecular weight is 367 g/mol. The summed E-state index contributed by atoms with van der Waals surface area (Å²) in [5.41, 5.74) is 3.27. The van der Waals surface area contributed by atoms with Crippen molar-refractivity contribution in [1.82, 2.24) is 4.90 Å². The van der Waals surface area contributed by atoms with Crippen molar-refractivity contribution in [3.8, 4) is 0 Å². The van der Waals surface area contributed by atoms with Crippen LogP contribution in [-0.2, 0) is 6.54 Å². The van der Waals surface area contributed by atoms with E-state index in [-0.39, 0.29) is 17.1 Å². The monoisotopic (exact) mass is 366 g/mol. The number of carbonyl (C=O) groups is 1. The molecule has 1 unspecified atom stereocenters. The van der Waals surface area contributed by atoms with Gasteiger partial charge in [0.1, 0.15) is 12.0 Å². The van der Waals surface area contributed by atoms with Crippen LogP contribution in [0.3, 0.4) is 0 Å². The third kappa shape index (κ3) is 3.04. The summed E-state index contributed by atoms with van der Waals surface area (Å²) in [6, 6.07) is 21.8. The molecule has 0 spiro atoms. The fourth-order valence-electron chi connectivity index (χ4n) is 3.21. The third-order valence-corrected chi connectivity index (χ3v) is 4.77. The van der Waals surface area contributed by atoms with Crippen LogP contribution in [0.15, 0.2) is 72.8 Å². The summed E-state index contributed by atoms with van der Waals surface area (Å²) in [4.78, 5) is 14.7. The van der Waals surface area contributed by atoms with E-state index in [9.17, 15) is 9.18 Å². The van der Waals surface area contributed by atoms with E-state index < -0.39 is 5.82 Å². The standard InChI is InChI=1S/C21H16ClFN2O/c22-18-12-15(10-11-19(18)23)24-20-16-8-4-5-9-17(16)21(26)25(20)13-14-6-2-1-3-7-14/h1-12,20,24H,13H2. The maximum atomic E-state index is 13.5. The summed E-state index contributed by atoms with van der Waals surface area (Å²) >= 11 is 5.90. The molecule has 4 rings (SSSR count). The van der Waals surface area contributed by atoms with E-state index in [1.807, 2.05) is 54.6 Å². The first-order chi connectivity index (χ1) is 12.6. The SMILES string of the molecule is O=C1c2ccccc2C(Nc2ccc(F)c(Cl)c2)N1Cc1ccccc1. The topological polar surface area (TPSA) is 32.3 Å². The first-order valence-electron chi connectivity index (χ1n) is 8.29. The second-order valence-corrected chi connectivity index (χ2v) is 6.59. The highest BCUT2D eigenvalue weighted by Gasteiger charge is 2.36. The van der Waals surface area contributed by atoms with Crippen molar-refractivity contribution in [1.29, 1.82) is 0 Å². The zero-order chi connectivity index (χ0) is 18.1. The predicted octanol–water partition coefficient (Wildman–Crippen LogP) is 5.25. The molecular formula is C21H16ClFN2O. The maximum absolute atomic E-state index is 13.5. The molecule has 3 aromatic rings. The zero-order valence-corrected chi connectivity index (χ0v) is 14.6. The molecule has 0 aromatic heterocycles. The number of hydrogen-bond donors (Lipinski definition) is 1. The van der Waals surface area contributed by atoms with E-state index in [0.717, 1.165) is 11.1 Å². The average Bonchev–Trinajstić information content (AvgIpc) is 2.92. The molecule has 0 saturated heterocycles. The van der Waals surface area contributed by atoms with Crippen molar-refractivity contribution in [2.45, 2.75) is 12.7 Å². The highest BCUT2D eigenvalue weighted by Crippen LogP contribution is 2.36. The molecule has 0 saturated carbocycles. The van der Waals surface area contributed by atoms with Gasteiger partial charge in [0.25, 0.3) is 5.91 Å². The van der Waals surface area contributed by atoms with Gasteiger partial charge in [0.05, 0.1) is 5.02 Å². The predicted molar refractivity (Wildman–Crippen MR) is 101 cm³/mol. The lowest BCUT2D eigenvalue weighted by molar-refractivity contribution is 0.0729. The van der Waals surface area contributed by atoms with Crippen molar-refractivity contribution in [3.63, 3.8) is 0 Å². The Kier molecular flexibility index (Phi) is 4.35. The number of anilines is 1. The fourth-order valence-corrected chi connectivity index (χ4v) is 3.39. The number of carbonyl (C=O) groups excluding carboxylic acids is 1. The van der Waals surface area contributed by atoms with Crippen molar-refractivity contribution in [2.75, 3.05) is 5.32 Å². The smallest absolute Gasteiger partial charge is 0.256 e. The molecule has 0 aliphatic carbocycles. The lowest BCUT2D eigenvalue weighted by Crippen LogP contribution is -2.31. The second kappa shape index (κ2) is 6.81. The number of rotatable bonds is 4. The van der Waals surface area contributed by atoms with Crippen LogP contribution in [0.25, 0.3) is 0 Å². The van der Waals surface area contributed by atoms with Crippen LogP contribution in [0, 0.1) is 5.82 Å². The van der Waals surface area contributed by atoms with Gasteiger partial charge in [-0.3, -0.25) is 4.79 Å². The van der Waals surface area contributed by atoms with Crippen LogP contribution >= 0.6 is 11.6 Å². The first kappa shape index (κ1) is 16.6. The minimum atomic E-state index is -0.471. The molecule has 130 valence electrons. The summed E-state index contributed by atoms with van der Waals surface area (Å²) in [6.07, 6.45) is -0.347. The number of amides is 1. The van der Waals surface area contributed by atoms with Crippen LogP contribution in [-0.4, -0.2) is 10.8 Å². The molecule has 1 N–H and O–H groups in total. The quantitative estimate of drug-likeness (QED) is 0.684. The molecule has 1 atom stereocenters. The van der Waals surface area contributed by atoms with Gasteiger partial charge in [-0.1, -0.05) is 60.1 Å². The largest absolute Gasteiger partial charge is 0.361 e. The molecule has 1 amide bonds. The summed E-state index contributed by atoms with van der Waals surface area (Å²) in [6.45, 7) is 0.473. The van der Waals surface area contributed by atoms with Gasteiger partial charge in [-0.15, -0.1) is 0 Å². The third-order valence-electron chi connectivity index (χ3n) is 4.48. The molecule has 0 fully saturated rings. The number of nitrogens with zero attached hydrogens (tertiary/aromatic N) is 1. The van der Waals surface area contributed by atoms with E-state index >= 15 is 0 Å². The Labute approximate surface area is 156 Å². The van der Waals surface area contributed by atoms with Crippen molar-refractivity contribution in [3.05, 3.63) is 100 Å². The Bertz CT molecular complexity index is 961. The Morgan fingerprint density at radius 1 is 1.00 bits per heavy atom. The van der Waals surface area contributed by atoms with E-state index in [1.54, 1.807) is 11.0 Å². The van der Waals surface area contributed by atoms with Crippen molar-refractivity contribution < 1.29 is 9.18 Å². The molecule has 1 aliphatic heterocycles. The summed E-state index contributed by atoms with van der Waals surface area (Å²) in [7, 11) is 0. The van der Waals surface area contributed by atoms with Crippen molar-refractivity contribution in [2.24, 2.45) is 0 Å². The van der Waals surface area contributed by atoms with Gasteiger partial charge in [-0.25, -0.2) is 4.39 Å². The fraction of sp³-hybridized carbons (Fsp3) is 0.0952. The van der Waals surface area contributed by atoms with Crippen LogP contribution in [0.2, 0.25) is 5.02 Å². The molecule has 0 bridgehead atoms. The Morgan fingerprint density at radius 3 is 2.50 bits per heavy atom. The lowest BCUT2D eigenvalue weighted by Gasteiger charge is -2.27. The van der Waals surface area contributed by atoms with Gasteiger partial charge in [0.15, 0.2) is 0 Å². The normalized spacial score (nSPS) is 15.8. The van der Waals surface area contributed by atoms with Gasteiger partial charge in [0.2, 0.25) is 0 Å². The van der Waals surface area contributed by atoms with Gasteiger partial charge in [-0.2, -0.15) is 0 Å². The molecule has 3 nitrogen and oxygen atoms in total. The number of fused-ring (bicyclic) bond motifs is 1. The number of halogens is 2. The van der Waals surface area contributed by atoms with Gasteiger partial charge >= 0.3 is 0 Å². The van der Waals surface area contributed by atoms with E-state index in [0.29, 0.717) is 17.8 Å². The van der Waals surface area contributed by atoms with Crippen LogP contribution in [0.4, 0.5) is 10.1 Å². The Morgan fingerprint density at radius 2 is 1.73 bits per heavy atom. The van der Waals surface area contributed by atoms with Crippen LogP contribution in [0.5, 0.6) is 0 Å². The molecule has 0 radical (unpaired) electrons. The number of benzene rings is 3. The van der Waals surface area contributed by atoms with Gasteiger partial charge in [0, 0.05) is 23.4 Å². The van der Waals surface area contributed by atoms with E-state index in [1.165, 1.54) is 12.1 Å². The second-order valence-electron chi connectivity index (χ2n) is 6.18.